The van der Waals surface area contributed by atoms with Crippen LogP contribution in [0.25, 0.3) is 0 Å². The molecule has 0 fully saturated rings. The molecule has 0 aromatic heterocycles. The molecule has 1 amide bonds. The van der Waals surface area contributed by atoms with E-state index in [4.69, 9.17) is 4.74 Å². The van der Waals surface area contributed by atoms with E-state index in [1.165, 1.54) is 30.5 Å². The molecule has 1 aromatic rings. The molecule has 1 aliphatic rings. The number of ether oxygens (including phenoxy) is 1. The van der Waals surface area contributed by atoms with Gasteiger partial charge in [-0.2, -0.15) is 0 Å². The predicted molar refractivity (Wildman–Crippen MR) is 80.7 cm³/mol. The summed E-state index contributed by atoms with van der Waals surface area (Å²) in [5.41, 5.74) is 1.27. The highest BCUT2D eigenvalue weighted by atomic mass is 19.1. The number of hydrogen-bond donors (Lipinski definition) is 1. The van der Waals surface area contributed by atoms with E-state index < -0.39 is 11.9 Å². The zero-order valence-corrected chi connectivity index (χ0v) is 12.4. The molecule has 1 N–H and O–H groups in total. The van der Waals surface area contributed by atoms with E-state index in [0.717, 1.165) is 12.8 Å². The van der Waals surface area contributed by atoms with Gasteiger partial charge in [-0.15, -0.1) is 0 Å². The summed E-state index contributed by atoms with van der Waals surface area (Å²) in [5.74, 6) is -0.512. The Balaban J connectivity index is 1.89. The maximum atomic E-state index is 13.6. The van der Waals surface area contributed by atoms with Crippen LogP contribution in [0.5, 0.6) is 5.75 Å². The summed E-state index contributed by atoms with van der Waals surface area (Å²) in [4.78, 5) is 12.1. The number of halogens is 1. The Bertz CT molecular complexity index is 513. The second kappa shape index (κ2) is 7.81. The van der Waals surface area contributed by atoms with Crippen LogP contribution in [0.1, 0.15) is 39.0 Å². The lowest BCUT2D eigenvalue weighted by molar-refractivity contribution is -0.128. The van der Waals surface area contributed by atoms with Gasteiger partial charge in [-0.05, 0) is 44.2 Å². The van der Waals surface area contributed by atoms with Crippen molar-refractivity contribution in [2.45, 2.75) is 45.1 Å². The number of nitrogens with one attached hydrogen (secondary N) is 1. The fourth-order valence-corrected chi connectivity index (χ4v) is 2.40. The minimum absolute atomic E-state index is 0.122. The highest BCUT2D eigenvalue weighted by Gasteiger charge is 2.19. The molecular formula is C17H22FNO2. The number of carbonyl (C=O) groups excluding carboxylic acids is 1. The van der Waals surface area contributed by atoms with Crippen molar-refractivity contribution < 1.29 is 13.9 Å². The standard InChI is InChI=1S/C17H22FNO2/c1-2-15(21-16-11-7-6-10-14(16)18)17(20)19-12-13-8-4-3-5-9-13/h6-8,10-11,15H,2-5,9,12H2,1H3,(H,19,20)/t15-/m0/s1. The third-order valence-corrected chi connectivity index (χ3v) is 3.64. The number of hydrogen-bond acceptors (Lipinski definition) is 2. The van der Waals surface area contributed by atoms with E-state index >= 15 is 0 Å². The Morgan fingerprint density at radius 2 is 2.19 bits per heavy atom. The molecule has 0 unspecified atom stereocenters. The topological polar surface area (TPSA) is 38.3 Å². The van der Waals surface area contributed by atoms with Crippen molar-refractivity contribution in [2.75, 3.05) is 6.54 Å². The first kappa shape index (κ1) is 15.5. The van der Waals surface area contributed by atoms with E-state index in [1.54, 1.807) is 12.1 Å². The molecule has 2 rings (SSSR count). The van der Waals surface area contributed by atoms with Crippen LogP contribution in [0, 0.1) is 5.82 Å². The lowest BCUT2D eigenvalue weighted by atomic mass is 10.00. The average Bonchev–Trinajstić information content (AvgIpc) is 2.53. The Hall–Kier alpha value is -1.84. The van der Waals surface area contributed by atoms with E-state index in [1.807, 2.05) is 6.92 Å². The van der Waals surface area contributed by atoms with Gasteiger partial charge < -0.3 is 10.1 Å². The van der Waals surface area contributed by atoms with Crippen molar-refractivity contribution in [3.8, 4) is 5.75 Å². The van der Waals surface area contributed by atoms with Gasteiger partial charge in [0.25, 0.3) is 5.91 Å². The first-order valence-corrected chi connectivity index (χ1v) is 7.57. The summed E-state index contributed by atoms with van der Waals surface area (Å²) in [5, 5.41) is 2.89. The molecular weight excluding hydrogens is 269 g/mol. The molecule has 1 aliphatic carbocycles. The van der Waals surface area contributed by atoms with E-state index in [9.17, 15) is 9.18 Å². The van der Waals surface area contributed by atoms with Crippen LogP contribution in [-0.4, -0.2) is 18.6 Å². The van der Waals surface area contributed by atoms with Gasteiger partial charge in [0.2, 0.25) is 0 Å². The second-order valence-corrected chi connectivity index (χ2v) is 5.27. The minimum Gasteiger partial charge on any atom is -0.478 e. The van der Waals surface area contributed by atoms with Gasteiger partial charge in [-0.1, -0.05) is 30.7 Å². The van der Waals surface area contributed by atoms with Gasteiger partial charge in [0.15, 0.2) is 17.7 Å². The van der Waals surface area contributed by atoms with Gasteiger partial charge in [-0.25, -0.2) is 4.39 Å². The molecule has 0 heterocycles. The zero-order chi connectivity index (χ0) is 15.1. The highest BCUT2D eigenvalue weighted by molar-refractivity contribution is 5.81. The average molecular weight is 291 g/mol. The molecule has 0 spiro atoms. The van der Waals surface area contributed by atoms with E-state index in [2.05, 4.69) is 11.4 Å². The van der Waals surface area contributed by atoms with Crippen LogP contribution in [0.2, 0.25) is 0 Å². The highest BCUT2D eigenvalue weighted by Crippen LogP contribution is 2.19. The van der Waals surface area contributed by atoms with Gasteiger partial charge in [0, 0.05) is 6.54 Å². The molecule has 0 saturated heterocycles. The molecule has 4 heteroatoms. The van der Waals surface area contributed by atoms with Crippen molar-refractivity contribution in [3.63, 3.8) is 0 Å². The summed E-state index contributed by atoms with van der Waals surface area (Å²) in [6.07, 6.45) is 6.59. The first-order valence-electron chi connectivity index (χ1n) is 7.57. The fourth-order valence-electron chi connectivity index (χ4n) is 2.40. The molecule has 0 aliphatic heterocycles. The molecule has 0 bridgehead atoms. The smallest absolute Gasteiger partial charge is 0.261 e. The number of para-hydroxylation sites is 1. The number of benzene rings is 1. The van der Waals surface area contributed by atoms with Crippen molar-refractivity contribution >= 4 is 5.91 Å². The summed E-state index contributed by atoms with van der Waals surface area (Å²) >= 11 is 0. The molecule has 114 valence electrons. The van der Waals surface area contributed by atoms with Crippen molar-refractivity contribution in [1.82, 2.24) is 5.32 Å². The molecule has 0 radical (unpaired) electrons. The van der Waals surface area contributed by atoms with Crippen molar-refractivity contribution in [2.24, 2.45) is 0 Å². The maximum absolute atomic E-state index is 13.6. The Kier molecular flexibility index (Phi) is 5.78. The predicted octanol–water partition coefficient (Wildman–Crippen LogP) is 3.60. The Labute approximate surface area is 125 Å². The Morgan fingerprint density at radius 1 is 1.38 bits per heavy atom. The largest absolute Gasteiger partial charge is 0.478 e. The van der Waals surface area contributed by atoms with Crippen molar-refractivity contribution in [1.29, 1.82) is 0 Å². The zero-order valence-electron chi connectivity index (χ0n) is 12.4. The first-order chi connectivity index (χ1) is 10.2. The number of rotatable bonds is 6. The van der Waals surface area contributed by atoms with Gasteiger partial charge >= 0.3 is 0 Å². The monoisotopic (exact) mass is 291 g/mol. The van der Waals surface area contributed by atoms with Gasteiger partial charge in [0.1, 0.15) is 0 Å². The van der Waals surface area contributed by atoms with Crippen LogP contribution >= 0.6 is 0 Å². The lowest BCUT2D eigenvalue weighted by Crippen LogP contribution is -2.39. The maximum Gasteiger partial charge on any atom is 0.261 e. The van der Waals surface area contributed by atoms with E-state index in [0.29, 0.717) is 13.0 Å². The number of allylic oxidation sites excluding steroid dienone is 1. The van der Waals surface area contributed by atoms with Crippen LogP contribution in [0.15, 0.2) is 35.9 Å². The molecule has 1 aromatic carbocycles. The molecule has 3 nitrogen and oxygen atoms in total. The summed E-state index contributed by atoms with van der Waals surface area (Å²) in [6.45, 7) is 2.42. The SMILES string of the molecule is CC[C@H](Oc1ccccc1F)C(=O)NCC1=CCCCC1. The summed E-state index contributed by atoms with van der Waals surface area (Å²) in [6, 6.07) is 6.15. The van der Waals surface area contributed by atoms with Crippen LogP contribution < -0.4 is 10.1 Å². The lowest BCUT2D eigenvalue weighted by Gasteiger charge is -2.19. The Morgan fingerprint density at radius 3 is 2.86 bits per heavy atom. The van der Waals surface area contributed by atoms with E-state index in [-0.39, 0.29) is 11.7 Å². The summed E-state index contributed by atoms with van der Waals surface area (Å²) < 4.78 is 19.1. The normalized spacial score (nSPS) is 16.0. The van der Waals surface area contributed by atoms with Crippen LogP contribution in [0.3, 0.4) is 0 Å². The third kappa shape index (κ3) is 4.59. The number of amides is 1. The fraction of sp³-hybridized carbons (Fsp3) is 0.471. The number of carbonyl (C=O) groups is 1. The molecule has 21 heavy (non-hydrogen) atoms. The van der Waals surface area contributed by atoms with Gasteiger partial charge in [0.05, 0.1) is 0 Å². The van der Waals surface area contributed by atoms with Crippen LogP contribution in [0.4, 0.5) is 4.39 Å². The third-order valence-electron chi connectivity index (χ3n) is 3.64. The summed E-state index contributed by atoms with van der Waals surface area (Å²) in [7, 11) is 0. The second-order valence-electron chi connectivity index (χ2n) is 5.27. The molecule has 0 saturated carbocycles. The van der Waals surface area contributed by atoms with Crippen LogP contribution in [-0.2, 0) is 4.79 Å². The minimum atomic E-state index is -0.661. The molecule has 1 atom stereocenters. The van der Waals surface area contributed by atoms with Gasteiger partial charge in [-0.3, -0.25) is 4.79 Å². The quantitative estimate of drug-likeness (QED) is 0.813. The van der Waals surface area contributed by atoms with Crippen molar-refractivity contribution in [3.05, 3.63) is 41.7 Å².